The van der Waals surface area contributed by atoms with Gasteiger partial charge in [-0.25, -0.2) is 4.79 Å². The number of carboxylic acid groups (broad SMARTS) is 1. The smallest absolute Gasteiger partial charge is 0.405 e. The molecule has 0 spiro atoms. The van der Waals surface area contributed by atoms with Crippen LogP contribution in [0.1, 0.15) is 19.8 Å². The number of rotatable bonds is 3. The summed E-state index contributed by atoms with van der Waals surface area (Å²) in [6.45, 7) is 2.33. The summed E-state index contributed by atoms with van der Waals surface area (Å²) in [5.74, 6) is -0.215. The van der Waals surface area contributed by atoms with Crippen LogP contribution in [0.25, 0.3) is 0 Å². The van der Waals surface area contributed by atoms with E-state index in [-0.39, 0.29) is 5.91 Å². The Hall–Kier alpha value is -1.26. The fraction of sp³-hybridized carbons (Fsp3) is 0.714. The van der Waals surface area contributed by atoms with E-state index in [9.17, 15) is 9.59 Å². The maximum atomic E-state index is 11.2. The first-order valence-corrected chi connectivity index (χ1v) is 3.90. The van der Waals surface area contributed by atoms with Crippen LogP contribution < -0.4 is 10.6 Å². The largest absolute Gasteiger partial charge is 0.465 e. The molecule has 1 fully saturated rings. The molecule has 0 heterocycles. The molecule has 1 aliphatic carbocycles. The Bertz CT molecular complexity index is 211. The van der Waals surface area contributed by atoms with Crippen molar-refractivity contribution in [3.8, 4) is 0 Å². The van der Waals surface area contributed by atoms with Crippen LogP contribution in [0.2, 0.25) is 0 Å². The third-order valence-corrected chi connectivity index (χ3v) is 1.87. The van der Waals surface area contributed by atoms with Gasteiger partial charge >= 0.3 is 6.09 Å². The van der Waals surface area contributed by atoms with Crippen molar-refractivity contribution in [2.24, 2.45) is 0 Å². The molecule has 0 aromatic rings. The SMILES string of the molecule is CCNC(=O)C1(NC(=O)O)CC1. The monoisotopic (exact) mass is 172 g/mol. The second-order valence-electron chi connectivity index (χ2n) is 2.87. The maximum Gasteiger partial charge on any atom is 0.405 e. The Kier molecular flexibility index (Phi) is 2.21. The number of likely N-dealkylation sites (N-methyl/N-ethyl adjacent to an activating group) is 1. The number of hydrogen-bond acceptors (Lipinski definition) is 2. The van der Waals surface area contributed by atoms with E-state index in [0.717, 1.165) is 0 Å². The zero-order chi connectivity index (χ0) is 9.19. The van der Waals surface area contributed by atoms with Gasteiger partial charge in [-0.3, -0.25) is 4.79 Å². The van der Waals surface area contributed by atoms with E-state index in [1.54, 1.807) is 6.92 Å². The Morgan fingerprint density at radius 3 is 2.42 bits per heavy atom. The number of nitrogens with one attached hydrogen (secondary N) is 2. The lowest BCUT2D eigenvalue weighted by molar-refractivity contribution is -0.123. The van der Waals surface area contributed by atoms with Gasteiger partial charge < -0.3 is 15.7 Å². The highest BCUT2D eigenvalue weighted by molar-refractivity contribution is 5.92. The van der Waals surface area contributed by atoms with Crippen molar-refractivity contribution in [2.45, 2.75) is 25.3 Å². The van der Waals surface area contributed by atoms with Crippen molar-refractivity contribution in [1.82, 2.24) is 10.6 Å². The zero-order valence-electron chi connectivity index (χ0n) is 6.89. The molecular formula is C7H12N2O3. The van der Waals surface area contributed by atoms with Gasteiger partial charge in [0.15, 0.2) is 0 Å². The minimum Gasteiger partial charge on any atom is -0.465 e. The summed E-state index contributed by atoms with van der Waals surface area (Å²) < 4.78 is 0. The first-order valence-electron chi connectivity index (χ1n) is 3.90. The van der Waals surface area contributed by atoms with Crippen LogP contribution in [-0.4, -0.2) is 29.2 Å². The Balaban J connectivity index is 2.48. The van der Waals surface area contributed by atoms with Gasteiger partial charge in [-0.15, -0.1) is 0 Å². The number of amides is 2. The van der Waals surface area contributed by atoms with Gasteiger partial charge in [-0.2, -0.15) is 0 Å². The second kappa shape index (κ2) is 3.00. The molecule has 0 aromatic carbocycles. The van der Waals surface area contributed by atoms with E-state index >= 15 is 0 Å². The molecule has 1 aliphatic rings. The Labute approximate surface area is 70.1 Å². The normalized spacial score (nSPS) is 18.1. The summed E-state index contributed by atoms with van der Waals surface area (Å²) in [6.07, 6.45) is 0.0646. The van der Waals surface area contributed by atoms with E-state index in [1.165, 1.54) is 0 Å². The third-order valence-electron chi connectivity index (χ3n) is 1.87. The van der Waals surface area contributed by atoms with Gasteiger partial charge in [-0.1, -0.05) is 0 Å². The van der Waals surface area contributed by atoms with Crippen molar-refractivity contribution in [3.05, 3.63) is 0 Å². The number of hydrogen-bond donors (Lipinski definition) is 3. The highest BCUT2D eigenvalue weighted by Crippen LogP contribution is 2.35. The van der Waals surface area contributed by atoms with E-state index in [0.29, 0.717) is 19.4 Å². The molecule has 1 saturated carbocycles. The van der Waals surface area contributed by atoms with Crippen LogP contribution in [0, 0.1) is 0 Å². The first-order chi connectivity index (χ1) is 5.60. The second-order valence-corrected chi connectivity index (χ2v) is 2.87. The topological polar surface area (TPSA) is 78.4 Å². The van der Waals surface area contributed by atoms with Gasteiger partial charge in [0, 0.05) is 6.54 Å². The molecule has 0 aromatic heterocycles. The molecule has 68 valence electrons. The Morgan fingerprint density at radius 2 is 2.08 bits per heavy atom. The Morgan fingerprint density at radius 1 is 1.50 bits per heavy atom. The molecule has 1 rings (SSSR count). The predicted octanol–water partition coefficient (Wildman–Crippen LogP) is -0.0773. The van der Waals surface area contributed by atoms with Crippen LogP contribution >= 0.6 is 0 Å². The lowest BCUT2D eigenvalue weighted by atomic mass is 10.2. The summed E-state index contributed by atoms with van der Waals surface area (Å²) >= 11 is 0. The molecule has 3 N–H and O–H groups in total. The quantitative estimate of drug-likeness (QED) is 0.557. The van der Waals surface area contributed by atoms with E-state index in [4.69, 9.17) is 5.11 Å². The summed E-state index contributed by atoms with van der Waals surface area (Å²) in [6, 6.07) is 0. The molecule has 0 saturated heterocycles. The van der Waals surface area contributed by atoms with Crippen LogP contribution in [0.4, 0.5) is 4.79 Å². The summed E-state index contributed by atoms with van der Waals surface area (Å²) in [4.78, 5) is 21.5. The van der Waals surface area contributed by atoms with Gasteiger partial charge in [-0.05, 0) is 19.8 Å². The fourth-order valence-corrected chi connectivity index (χ4v) is 1.07. The minimum atomic E-state index is -1.14. The van der Waals surface area contributed by atoms with Gasteiger partial charge in [0.2, 0.25) is 5.91 Å². The van der Waals surface area contributed by atoms with E-state index in [1.807, 2.05) is 0 Å². The van der Waals surface area contributed by atoms with E-state index < -0.39 is 11.6 Å². The average molecular weight is 172 g/mol. The number of carbonyl (C=O) groups is 2. The maximum absolute atomic E-state index is 11.2. The molecule has 5 heteroatoms. The average Bonchev–Trinajstić information content (AvgIpc) is 2.69. The standard InChI is InChI=1S/C7H12N2O3/c1-2-8-5(10)7(3-4-7)9-6(11)12/h9H,2-4H2,1H3,(H,8,10)(H,11,12). The third kappa shape index (κ3) is 1.66. The molecule has 5 nitrogen and oxygen atoms in total. The van der Waals surface area contributed by atoms with Crippen LogP contribution in [0.15, 0.2) is 0 Å². The minimum absolute atomic E-state index is 0.215. The van der Waals surface area contributed by atoms with Crippen molar-refractivity contribution in [1.29, 1.82) is 0 Å². The highest BCUT2D eigenvalue weighted by atomic mass is 16.4. The zero-order valence-corrected chi connectivity index (χ0v) is 6.89. The summed E-state index contributed by atoms with van der Waals surface area (Å²) in [7, 11) is 0. The summed E-state index contributed by atoms with van der Waals surface area (Å²) in [5.41, 5.74) is -0.818. The molecule has 0 atom stereocenters. The van der Waals surface area contributed by atoms with Crippen LogP contribution in [0.5, 0.6) is 0 Å². The fourth-order valence-electron chi connectivity index (χ4n) is 1.07. The lowest BCUT2D eigenvalue weighted by Crippen LogP contribution is -2.48. The molecule has 0 radical (unpaired) electrons. The van der Waals surface area contributed by atoms with Gasteiger partial charge in [0.05, 0.1) is 0 Å². The predicted molar refractivity (Wildman–Crippen MR) is 41.8 cm³/mol. The molecular weight excluding hydrogens is 160 g/mol. The summed E-state index contributed by atoms with van der Waals surface area (Å²) in [5, 5.41) is 13.2. The van der Waals surface area contributed by atoms with Crippen molar-refractivity contribution >= 4 is 12.0 Å². The molecule has 0 bridgehead atoms. The van der Waals surface area contributed by atoms with Gasteiger partial charge in [0.25, 0.3) is 0 Å². The van der Waals surface area contributed by atoms with Crippen molar-refractivity contribution < 1.29 is 14.7 Å². The highest BCUT2D eigenvalue weighted by Gasteiger charge is 2.51. The van der Waals surface area contributed by atoms with E-state index in [2.05, 4.69) is 10.6 Å². The van der Waals surface area contributed by atoms with Gasteiger partial charge in [0.1, 0.15) is 5.54 Å². The number of carbonyl (C=O) groups excluding carboxylic acids is 1. The first kappa shape index (κ1) is 8.83. The van der Waals surface area contributed by atoms with Crippen LogP contribution in [-0.2, 0) is 4.79 Å². The van der Waals surface area contributed by atoms with Crippen molar-refractivity contribution in [3.63, 3.8) is 0 Å². The van der Waals surface area contributed by atoms with Crippen molar-refractivity contribution in [2.75, 3.05) is 6.54 Å². The molecule has 0 unspecified atom stereocenters. The lowest BCUT2D eigenvalue weighted by Gasteiger charge is -2.13. The molecule has 2 amide bonds. The molecule has 0 aliphatic heterocycles. The molecule has 12 heavy (non-hydrogen) atoms. The van der Waals surface area contributed by atoms with Crippen LogP contribution in [0.3, 0.4) is 0 Å².